The molecule has 1 aromatic heterocycles. The van der Waals surface area contributed by atoms with E-state index in [0.29, 0.717) is 11.8 Å². The van der Waals surface area contributed by atoms with Crippen molar-refractivity contribution in [1.29, 1.82) is 0 Å². The molecule has 1 amide bonds. The second kappa shape index (κ2) is 4.35. The number of aromatic nitrogens is 1. The molecule has 1 saturated carbocycles. The molecule has 4 nitrogen and oxygen atoms in total. The Kier molecular flexibility index (Phi) is 2.71. The monoisotopic (exact) mass is 232 g/mol. The molecule has 0 N–H and O–H groups in total. The minimum absolute atomic E-state index is 0.141. The molecule has 3 rings (SSSR count). The lowest BCUT2D eigenvalue weighted by Crippen LogP contribution is -2.56. The predicted octanol–water partition coefficient (Wildman–Crippen LogP) is 1.47. The van der Waals surface area contributed by atoms with Gasteiger partial charge >= 0.3 is 0 Å². The van der Waals surface area contributed by atoms with Gasteiger partial charge in [0.1, 0.15) is 11.9 Å². The fourth-order valence-electron chi connectivity index (χ4n) is 2.02. The third-order valence-corrected chi connectivity index (χ3v) is 3.30. The summed E-state index contributed by atoms with van der Waals surface area (Å²) in [5.41, 5.74) is 0. The lowest BCUT2D eigenvalue weighted by Gasteiger charge is -2.39. The molecule has 0 aromatic carbocycles. The summed E-state index contributed by atoms with van der Waals surface area (Å²) in [5, 5.41) is 0. The Balaban J connectivity index is 1.43. The molecular weight excluding hydrogens is 216 g/mol. The normalized spacial score (nSPS) is 19.9. The minimum atomic E-state index is 0.141. The summed E-state index contributed by atoms with van der Waals surface area (Å²) in [7, 11) is 0. The molecule has 1 saturated heterocycles. The van der Waals surface area contributed by atoms with E-state index in [1.165, 1.54) is 12.8 Å². The van der Waals surface area contributed by atoms with Crippen molar-refractivity contribution in [2.45, 2.75) is 25.4 Å². The number of amides is 1. The van der Waals surface area contributed by atoms with Crippen LogP contribution in [0.5, 0.6) is 5.75 Å². The van der Waals surface area contributed by atoms with Gasteiger partial charge in [-0.1, -0.05) is 0 Å². The van der Waals surface area contributed by atoms with E-state index in [0.717, 1.165) is 25.3 Å². The molecule has 0 radical (unpaired) electrons. The molecule has 2 heterocycles. The van der Waals surface area contributed by atoms with Crippen LogP contribution in [-0.4, -0.2) is 35.0 Å². The van der Waals surface area contributed by atoms with Gasteiger partial charge in [0, 0.05) is 12.6 Å². The Morgan fingerprint density at radius 2 is 2.29 bits per heavy atom. The van der Waals surface area contributed by atoms with Gasteiger partial charge in [-0.2, -0.15) is 0 Å². The topological polar surface area (TPSA) is 42.4 Å². The van der Waals surface area contributed by atoms with Crippen LogP contribution in [0.25, 0.3) is 0 Å². The highest BCUT2D eigenvalue weighted by Gasteiger charge is 2.35. The Morgan fingerprint density at radius 3 is 2.94 bits per heavy atom. The maximum Gasteiger partial charge on any atom is 0.223 e. The van der Waals surface area contributed by atoms with Gasteiger partial charge in [-0.25, -0.2) is 0 Å². The smallest absolute Gasteiger partial charge is 0.223 e. The number of ether oxygens (including phenoxy) is 1. The highest BCUT2D eigenvalue weighted by Crippen LogP contribution is 2.33. The fraction of sp³-hybridized carbons (Fsp3) is 0.538. The highest BCUT2D eigenvalue weighted by atomic mass is 16.5. The van der Waals surface area contributed by atoms with Gasteiger partial charge in [0.25, 0.3) is 0 Å². The highest BCUT2D eigenvalue weighted by molar-refractivity contribution is 5.77. The molecular formula is C13H16N2O2. The van der Waals surface area contributed by atoms with Crippen molar-refractivity contribution in [3.8, 4) is 5.75 Å². The van der Waals surface area contributed by atoms with Crippen molar-refractivity contribution in [2.75, 3.05) is 13.1 Å². The van der Waals surface area contributed by atoms with E-state index >= 15 is 0 Å². The number of carbonyl (C=O) groups is 1. The number of rotatable bonds is 4. The van der Waals surface area contributed by atoms with E-state index in [1.807, 2.05) is 17.0 Å². The zero-order valence-corrected chi connectivity index (χ0v) is 9.71. The van der Waals surface area contributed by atoms with Gasteiger partial charge in [0.05, 0.1) is 19.3 Å². The third kappa shape index (κ3) is 2.57. The predicted molar refractivity (Wildman–Crippen MR) is 62.6 cm³/mol. The summed E-state index contributed by atoms with van der Waals surface area (Å²) >= 11 is 0. The van der Waals surface area contributed by atoms with Crippen molar-refractivity contribution in [3.05, 3.63) is 24.5 Å². The SMILES string of the molecule is O=C(CC1CC1)N1CC(Oc2cccnc2)C1. The van der Waals surface area contributed by atoms with Gasteiger partial charge in [-0.15, -0.1) is 0 Å². The van der Waals surface area contributed by atoms with E-state index in [-0.39, 0.29) is 6.10 Å². The van der Waals surface area contributed by atoms with Gasteiger partial charge in [0.2, 0.25) is 5.91 Å². The molecule has 17 heavy (non-hydrogen) atoms. The van der Waals surface area contributed by atoms with E-state index in [9.17, 15) is 4.79 Å². The van der Waals surface area contributed by atoms with E-state index < -0.39 is 0 Å². The number of nitrogens with zero attached hydrogens (tertiary/aromatic N) is 2. The van der Waals surface area contributed by atoms with Crippen molar-refractivity contribution < 1.29 is 9.53 Å². The molecule has 0 atom stereocenters. The second-order valence-corrected chi connectivity index (χ2v) is 4.87. The van der Waals surface area contributed by atoms with Gasteiger partial charge < -0.3 is 9.64 Å². The first kappa shape index (κ1) is 10.6. The first-order valence-electron chi connectivity index (χ1n) is 6.16. The van der Waals surface area contributed by atoms with Gasteiger partial charge in [-0.05, 0) is 30.9 Å². The summed E-state index contributed by atoms with van der Waals surface area (Å²) in [5.74, 6) is 1.74. The number of pyridine rings is 1. The third-order valence-electron chi connectivity index (χ3n) is 3.30. The Bertz CT molecular complexity index is 397. The lowest BCUT2D eigenvalue weighted by molar-refractivity contribution is -0.140. The van der Waals surface area contributed by atoms with Crippen LogP contribution in [0.1, 0.15) is 19.3 Å². The number of carbonyl (C=O) groups excluding carboxylic acids is 1. The molecule has 1 aromatic rings. The second-order valence-electron chi connectivity index (χ2n) is 4.87. The summed E-state index contributed by atoms with van der Waals surface area (Å²) < 4.78 is 5.69. The van der Waals surface area contributed by atoms with Crippen LogP contribution in [0.15, 0.2) is 24.5 Å². The summed E-state index contributed by atoms with van der Waals surface area (Å²) in [4.78, 5) is 17.6. The average Bonchev–Trinajstić information content (AvgIpc) is 3.08. The van der Waals surface area contributed by atoms with Crippen LogP contribution < -0.4 is 4.74 Å². The van der Waals surface area contributed by atoms with Crippen LogP contribution in [0, 0.1) is 5.92 Å². The van der Waals surface area contributed by atoms with Crippen LogP contribution in [0.4, 0.5) is 0 Å². The molecule has 0 bridgehead atoms. The molecule has 0 unspecified atom stereocenters. The van der Waals surface area contributed by atoms with E-state index in [1.54, 1.807) is 12.4 Å². The standard InChI is InChI=1S/C13H16N2O2/c16-13(6-10-3-4-10)15-8-12(9-15)17-11-2-1-5-14-7-11/h1-2,5,7,10,12H,3-4,6,8-9H2. The Labute approximate surface area is 101 Å². The molecule has 4 heteroatoms. The van der Waals surface area contributed by atoms with E-state index in [4.69, 9.17) is 4.74 Å². The van der Waals surface area contributed by atoms with Gasteiger partial charge in [-0.3, -0.25) is 9.78 Å². The zero-order chi connectivity index (χ0) is 11.7. The molecule has 90 valence electrons. The fourth-order valence-corrected chi connectivity index (χ4v) is 2.02. The van der Waals surface area contributed by atoms with Crippen molar-refractivity contribution >= 4 is 5.91 Å². The lowest BCUT2D eigenvalue weighted by atomic mass is 10.1. The molecule has 0 spiro atoms. The van der Waals surface area contributed by atoms with Gasteiger partial charge in [0.15, 0.2) is 0 Å². The van der Waals surface area contributed by atoms with Crippen molar-refractivity contribution in [2.24, 2.45) is 5.92 Å². The van der Waals surface area contributed by atoms with Crippen LogP contribution in [-0.2, 0) is 4.79 Å². The molecule has 1 aliphatic carbocycles. The van der Waals surface area contributed by atoms with Crippen LogP contribution in [0.3, 0.4) is 0 Å². The average molecular weight is 232 g/mol. The summed E-state index contributed by atoms with van der Waals surface area (Å²) in [6, 6.07) is 3.74. The van der Waals surface area contributed by atoms with E-state index in [2.05, 4.69) is 4.98 Å². The first-order chi connectivity index (χ1) is 8.31. The number of hydrogen-bond acceptors (Lipinski definition) is 3. The van der Waals surface area contributed by atoms with Crippen molar-refractivity contribution in [1.82, 2.24) is 9.88 Å². The first-order valence-corrected chi connectivity index (χ1v) is 6.16. The van der Waals surface area contributed by atoms with Crippen molar-refractivity contribution in [3.63, 3.8) is 0 Å². The summed E-state index contributed by atoms with van der Waals surface area (Å²) in [6.07, 6.45) is 6.76. The zero-order valence-electron chi connectivity index (χ0n) is 9.71. The molecule has 2 fully saturated rings. The summed E-state index contributed by atoms with van der Waals surface area (Å²) in [6.45, 7) is 1.45. The Hall–Kier alpha value is -1.58. The molecule has 1 aliphatic heterocycles. The van der Waals surface area contributed by atoms with Crippen LogP contribution in [0.2, 0.25) is 0 Å². The maximum atomic E-state index is 11.7. The Morgan fingerprint density at radius 1 is 1.47 bits per heavy atom. The molecule has 2 aliphatic rings. The largest absolute Gasteiger partial charge is 0.485 e. The van der Waals surface area contributed by atoms with Crippen LogP contribution >= 0.6 is 0 Å². The minimum Gasteiger partial charge on any atom is -0.485 e. The quantitative estimate of drug-likeness (QED) is 0.789. The maximum absolute atomic E-state index is 11.7. The number of hydrogen-bond donors (Lipinski definition) is 0. The number of likely N-dealkylation sites (tertiary alicyclic amines) is 1.